The molecule has 1 unspecified atom stereocenters. The predicted octanol–water partition coefficient (Wildman–Crippen LogP) is 3.03. The van der Waals surface area contributed by atoms with Gasteiger partial charge in [-0.3, -0.25) is 4.79 Å². The quantitative estimate of drug-likeness (QED) is 0.848. The highest BCUT2D eigenvalue weighted by atomic mass is 16.5. The molecule has 2 heterocycles. The topological polar surface area (TPSA) is 68.5 Å². The van der Waals surface area contributed by atoms with Crippen LogP contribution in [-0.2, 0) is 11.4 Å². The van der Waals surface area contributed by atoms with Crippen molar-refractivity contribution in [2.24, 2.45) is 0 Å². The molecule has 1 aliphatic rings. The average Bonchev–Trinajstić information content (AvgIpc) is 3.22. The van der Waals surface area contributed by atoms with Gasteiger partial charge in [-0.25, -0.2) is 0 Å². The summed E-state index contributed by atoms with van der Waals surface area (Å²) in [5.74, 6) is 1.90. The van der Waals surface area contributed by atoms with Crippen LogP contribution in [-0.4, -0.2) is 27.5 Å². The summed E-state index contributed by atoms with van der Waals surface area (Å²) < 4.78 is 10.9. The van der Waals surface area contributed by atoms with Crippen molar-refractivity contribution >= 4 is 5.91 Å². The van der Waals surface area contributed by atoms with E-state index in [-0.39, 0.29) is 18.6 Å². The first-order valence-corrected chi connectivity index (χ1v) is 7.98. The molecule has 1 aliphatic heterocycles. The van der Waals surface area contributed by atoms with Crippen LogP contribution in [0.4, 0.5) is 0 Å². The van der Waals surface area contributed by atoms with Crippen molar-refractivity contribution in [1.82, 2.24) is 15.0 Å². The van der Waals surface area contributed by atoms with Crippen LogP contribution in [0.3, 0.4) is 0 Å². The minimum Gasteiger partial charge on any atom is -0.484 e. The van der Waals surface area contributed by atoms with E-state index in [1.165, 1.54) is 5.56 Å². The molecule has 0 N–H and O–H groups in total. The summed E-state index contributed by atoms with van der Waals surface area (Å²) in [5, 5.41) is 4.03. The Labute approximate surface area is 135 Å². The number of ether oxygens (including phenoxy) is 1. The van der Waals surface area contributed by atoms with Crippen molar-refractivity contribution in [3.8, 4) is 5.75 Å². The van der Waals surface area contributed by atoms with E-state index in [0.29, 0.717) is 18.1 Å². The van der Waals surface area contributed by atoms with Crippen LogP contribution in [0.1, 0.15) is 49.5 Å². The van der Waals surface area contributed by atoms with E-state index in [9.17, 15) is 4.79 Å². The van der Waals surface area contributed by atoms with Gasteiger partial charge in [-0.05, 0) is 31.9 Å². The van der Waals surface area contributed by atoms with Crippen LogP contribution in [0.5, 0.6) is 5.75 Å². The van der Waals surface area contributed by atoms with Gasteiger partial charge in [0.2, 0.25) is 5.91 Å². The zero-order valence-electron chi connectivity index (χ0n) is 13.5. The average molecular weight is 315 g/mol. The Hall–Kier alpha value is -2.37. The number of benzene rings is 1. The molecule has 1 fully saturated rings. The molecular formula is C17H21N3O3. The lowest BCUT2D eigenvalue weighted by Crippen LogP contribution is -2.30. The van der Waals surface area contributed by atoms with Crippen LogP contribution in [0.25, 0.3) is 0 Å². The highest BCUT2D eigenvalue weighted by Crippen LogP contribution is 2.30. The molecule has 1 saturated heterocycles. The molecule has 3 rings (SSSR count). The Balaban J connectivity index is 1.63. The van der Waals surface area contributed by atoms with Crippen molar-refractivity contribution in [3.05, 3.63) is 41.5 Å². The highest BCUT2D eigenvalue weighted by Gasteiger charge is 2.32. The number of hydrogen-bond acceptors (Lipinski definition) is 5. The van der Waals surface area contributed by atoms with E-state index in [2.05, 4.69) is 10.1 Å². The van der Waals surface area contributed by atoms with Crippen LogP contribution in [0, 0.1) is 6.92 Å². The third-order valence-electron chi connectivity index (χ3n) is 4.04. The Morgan fingerprint density at radius 1 is 1.39 bits per heavy atom. The Morgan fingerprint density at radius 3 is 2.91 bits per heavy atom. The van der Waals surface area contributed by atoms with E-state index in [0.717, 1.165) is 25.1 Å². The minimum atomic E-state index is -0.0701. The fourth-order valence-corrected chi connectivity index (χ4v) is 2.78. The van der Waals surface area contributed by atoms with Gasteiger partial charge in [-0.2, -0.15) is 4.98 Å². The first-order valence-electron chi connectivity index (χ1n) is 7.98. The van der Waals surface area contributed by atoms with E-state index in [1.807, 2.05) is 43.0 Å². The van der Waals surface area contributed by atoms with E-state index in [4.69, 9.17) is 9.26 Å². The van der Waals surface area contributed by atoms with Gasteiger partial charge in [-0.15, -0.1) is 0 Å². The van der Waals surface area contributed by atoms with Gasteiger partial charge in [0.25, 0.3) is 5.89 Å². The molecule has 0 aliphatic carbocycles. The van der Waals surface area contributed by atoms with Crippen LogP contribution in [0.15, 0.2) is 28.8 Å². The third-order valence-corrected chi connectivity index (χ3v) is 4.04. The standard InChI is InChI=1S/C17H21N3O3/c1-3-16(21)20-10-4-5-14(20)17-18-15(23-19-17)11-22-13-8-6-12(2)7-9-13/h6-9,14H,3-5,10-11H2,1-2H3. The molecule has 1 atom stereocenters. The number of rotatable bonds is 5. The maximum Gasteiger partial charge on any atom is 0.264 e. The van der Waals surface area contributed by atoms with E-state index < -0.39 is 0 Å². The zero-order valence-corrected chi connectivity index (χ0v) is 13.5. The van der Waals surface area contributed by atoms with Crippen LogP contribution < -0.4 is 4.74 Å². The number of amides is 1. The molecule has 1 aromatic carbocycles. The van der Waals surface area contributed by atoms with Crippen molar-refractivity contribution in [1.29, 1.82) is 0 Å². The number of carbonyl (C=O) groups is 1. The fraction of sp³-hybridized carbons (Fsp3) is 0.471. The molecule has 6 nitrogen and oxygen atoms in total. The molecule has 0 radical (unpaired) electrons. The van der Waals surface area contributed by atoms with Gasteiger partial charge >= 0.3 is 0 Å². The van der Waals surface area contributed by atoms with Gasteiger partial charge in [0.15, 0.2) is 12.4 Å². The van der Waals surface area contributed by atoms with Gasteiger partial charge in [0.05, 0.1) is 6.04 Å². The second-order valence-corrected chi connectivity index (χ2v) is 5.75. The number of nitrogens with zero attached hydrogens (tertiary/aromatic N) is 3. The number of aromatic nitrogens is 2. The smallest absolute Gasteiger partial charge is 0.264 e. The predicted molar refractivity (Wildman–Crippen MR) is 83.8 cm³/mol. The van der Waals surface area contributed by atoms with Crippen LogP contribution >= 0.6 is 0 Å². The Morgan fingerprint density at radius 2 is 2.17 bits per heavy atom. The summed E-state index contributed by atoms with van der Waals surface area (Å²) in [4.78, 5) is 18.2. The SMILES string of the molecule is CCC(=O)N1CCCC1c1noc(COc2ccc(C)cc2)n1. The lowest BCUT2D eigenvalue weighted by atomic mass is 10.2. The van der Waals surface area contributed by atoms with E-state index >= 15 is 0 Å². The monoisotopic (exact) mass is 315 g/mol. The van der Waals surface area contributed by atoms with Crippen molar-refractivity contribution in [3.63, 3.8) is 0 Å². The maximum absolute atomic E-state index is 12.0. The summed E-state index contributed by atoms with van der Waals surface area (Å²) in [7, 11) is 0. The van der Waals surface area contributed by atoms with Crippen molar-refractivity contribution < 1.29 is 14.1 Å². The lowest BCUT2D eigenvalue weighted by molar-refractivity contribution is -0.131. The largest absolute Gasteiger partial charge is 0.484 e. The van der Waals surface area contributed by atoms with Crippen molar-refractivity contribution in [2.45, 2.75) is 45.8 Å². The normalized spacial score (nSPS) is 17.5. The highest BCUT2D eigenvalue weighted by molar-refractivity contribution is 5.76. The molecule has 2 aromatic rings. The Kier molecular flexibility index (Phi) is 4.60. The summed E-state index contributed by atoms with van der Waals surface area (Å²) in [6, 6.07) is 7.72. The summed E-state index contributed by atoms with van der Waals surface area (Å²) >= 11 is 0. The number of carbonyl (C=O) groups excluding carboxylic acids is 1. The summed E-state index contributed by atoms with van der Waals surface area (Å²) in [6.07, 6.45) is 2.35. The van der Waals surface area contributed by atoms with E-state index in [1.54, 1.807) is 0 Å². The van der Waals surface area contributed by atoms with Crippen molar-refractivity contribution in [2.75, 3.05) is 6.54 Å². The molecule has 0 saturated carbocycles. The van der Waals surface area contributed by atoms with Gasteiger partial charge in [-0.1, -0.05) is 29.8 Å². The number of aryl methyl sites for hydroxylation is 1. The number of likely N-dealkylation sites (tertiary alicyclic amines) is 1. The van der Waals surface area contributed by atoms with Gasteiger partial charge < -0.3 is 14.2 Å². The lowest BCUT2D eigenvalue weighted by Gasteiger charge is -2.21. The Bertz CT molecular complexity index is 666. The molecule has 0 bridgehead atoms. The maximum atomic E-state index is 12.0. The first-order chi connectivity index (χ1) is 11.2. The van der Waals surface area contributed by atoms with Gasteiger partial charge in [0, 0.05) is 13.0 Å². The number of hydrogen-bond donors (Lipinski definition) is 0. The minimum absolute atomic E-state index is 0.0701. The fourth-order valence-electron chi connectivity index (χ4n) is 2.78. The molecule has 1 aromatic heterocycles. The molecule has 1 amide bonds. The molecular weight excluding hydrogens is 294 g/mol. The molecule has 6 heteroatoms. The zero-order chi connectivity index (χ0) is 16.2. The second kappa shape index (κ2) is 6.81. The molecule has 122 valence electrons. The molecule has 23 heavy (non-hydrogen) atoms. The third kappa shape index (κ3) is 3.52. The van der Waals surface area contributed by atoms with Gasteiger partial charge in [0.1, 0.15) is 5.75 Å². The molecule has 0 spiro atoms. The summed E-state index contributed by atoms with van der Waals surface area (Å²) in [5.41, 5.74) is 1.18. The first kappa shape index (κ1) is 15.5. The second-order valence-electron chi connectivity index (χ2n) is 5.75. The van der Waals surface area contributed by atoms with Crippen LogP contribution in [0.2, 0.25) is 0 Å². The summed E-state index contributed by atoms with van der Waals surface area (Å²) in [6.45, 7) is 4.89.